The Morgan fingerprint density at radius 2 is 1.61 bits per heavy atom. The Morgan fingerprint density at radius 1 is 0.788 bits per heavy atom. The number of benzene rings is 4. The number of H-pyrrole nitrogens is 1. The zero-order chi connectivity index (χ0) is 22.0. The minimum Gasteiger partial charge on any atom is -0.489 e. The highest BCUT2D eigenvalue weighted by Crippen LogP contribution is 2.35. The first-order valence-electron chi connectivity index (χ1n) is 11.1. The number of tetrazole rings is 1. The fraction of sp³-hybridized carbons (Fsp3) is 0.107. The van der Waals surface area contributed by atoms with Crippen LogP contribution in [0.1, 0.15) is 33.6 Å². The van der Waals surface area contributed by atoms with Crippen LogP contribution in [-0.4, -0.2) is 20.6 Å². The molecule has 1 aliphatic rings. The number of rotatable bonds is 4. The first-order chi connectivity index (χ1) is 16.3. The summed E-state index contributed by atoms with van der Waals surface area (Å²) in [6.07, 6.45) is 4.00. The molecule has 0 fully saturated rings. The molecule has 5 heteroatoms. The van der Waals surface area contributed by atoms with Crippen molar-refractivity contribution in [2.75, 3.05) is 0 Å². The van der Waals surface area contributed by atoms with Crippen molar-refractivity contribution in [2.45, 2.75) is 19.4 Å². The topological polar surface area (TPSA) is 63.7 Å². The van der Waals surface area contributed by atoms with Crippen molar-refractivity contribution in [1.29, 1.82) is 0 Å². The molecule has 0 amide bonds. The lowest BCUT2D eigenvalue weighted by Gasteiger charge is -2.13. The highest BCUT2D eigenvalue weighted by Gasteiger charge is 2.19. The lowest BCUT2D eigenvalue weighted by molar-refractivity contribution is 0.306. The molecule has 1 aliphatic carbocycles. The minimum absolute atomic E-state index is 0.531. The number of hydrogen-bond acceptors (Lipinski definition) is 4. The van der Waals surface area contributed by atoms with Crippen molar-refractivity contribution in [3.63, 3.8) is 0 Å². The molecule has 0 bridgehead atoms. The molecule has 0 aliphatic heterocycles. The Kier molecular flexibility index (Phi) is 4.92. The normalized spacial score (nSPS) is 14.0. The average Bonchev–Trinajstić information content (AvgIpc) is 3.33. The molecule has 0 saturated heterocycles. The van der Waals surface area contributed by atoms with Crippen LogP contribution in [0.2, 0.25) is 0 Å². The molecule has 4 aromatic carbocycles. The van der Waals surface area contributed by atoms with Crippen molar-refractivity contribution in [3.8, 4) is 5.75 Å². The number of aromatic nitrogens is 4. The molecule has 0 saturated carbocycles. The maximum atomic E-state index is 6.15. The molecular weight excluding hydrogens is 408 g/mol. The van der Waals surface area contributed by atoms with E-state index in [1.165, 1.54) is 33.0 Å². The third-order valence-electron chi connectivity index (χ3n) is 6.20. The summed E-state index contributed by atoms with van der Waals surface area (Å²) in [5.41, 5.74) is 7.39. The van der Waals surface area contributed by atoms with E-state index in [1.54, 1.807) is 0 Å². The monoisotopic (exact) mass is 430 g/mol. The summed E-state index contributed by atoms with van der Waals surface area (Å²) in [5.74, 6) is 1.53. The van der Waals surface area contributed by atoms with E-state index < -0.39 is 0 Å². The highest BCUT2D eigenvalue weighted by atomic mass is 16.5. The van der Waals surface area contributed by atoms with Gasteiger partial charge in [-0.2, -0.15) is 0 Å². The number of ether oxygens (including phenoxy) is 1. The van der Waals surface area contributed by atoms with Gasteiger partial charge in [0.25, 0.3) is 0 Å². The molecule has 5 nitrogen and oxygen atoms in total. The smallest absolute Gasteiger partial charge is 0.172 e. The molecule has 0 radical (unpaired) electrons. The fourth-order valence-electron chi connectivity index (χ4n) is 4.57. The minimum atomic E-state index is 0.531. The zero-order valence-corrected chi connectivity index (χ0v) is 18.0. The van der Waals surface area contributed by atoms with Crippen LogP contribution in [0.3, 0.4) is 0 Å². The number of aromatic amines is 1. The summed E-state index contributed by atoms with van der Waals surface area (Å²) in [6.45, 7) is 0.531. The van der Waals surface area contributed by atoms with E-state index in [1.807, 2.05) is 12.1 Å². The quantitative estimate of drug-likeness (QED) is 0.402. The number of nitrogens with one attached hydrogen (secondary N) is 1. The van der Waals surface area contributed by atoms with Gasteiger partial charge < -0.3 is 4.74 Å². The van der Waals surface area contributed by atoms with Crippen molar-refractivity contribution >= 4 is 22.4 Å². The largest absolute Gasteiger partial charge is 0.489 e. The third-order valence-corrected chi connectivity index (χ3v) is 6.20. The van der Waals surface area contributed by atoms with E-state index in [0.29, 0.717) is 12.4 Å². The third kappa shape index (κ3) is 3.89. The Balaban J connectivity index is 1.32. The summed E-state index contributed by atoms with van der Waals surface area (Å²) >= 11 is 0. The molecule has 0 unspecified atom stereocenters. The number of hydrogen-bond donors (Lipinski definition) is 1. The summed E-state index contributed by atoms with van der Waals surface area (Å²) < 4.78 is 6.15. The van der Waals surface area contributed by atoms with E-state index in [-0.39, 0.29) is 0 Å². The molecule has 160 valence electrons. The first-order valence-corrected chi connectivity index (χ1v) is 11.1. The lowest BCUT2D eigenvalue weighted by Crippen LogP contribution is -1.99. The molecule has 0 spiro atoms. The SMILES string of the molecule is C(=C1/c2ccccc2CCc2cc(COc3ccc4ccccc4c3)ccc21)/c1nnn[nH]1. The Bertz CT molecular complexity index is 1470. The lowest BCUT2D eigenvalue weighted by atomic mass is 9.92. The molecule has 5 aromatic rings. The number of nitrogens with zero attached hydrogens (tertiary/aromatic N) is 3. The fourth-order valence-corrected chi connectivity index (χ4v) is 4.57. The molecule has 1 aromatic heterocycles. The van der Waals surface area contributed by atoms with Crippen LogP contribution in [0, 0.1) is 0 Å². The molecule has 1 heterocycles. The molecule has 1 N–H and O–H groups in total. The molecule has 6 rings (SSSR count). The van der Waals surface area contributed by atoms with Gasteiger partial charge in [0, 0.05) is 0 Å². The Morgan fingerprint density at radius 3 is 2.52 bits per heavy atom. The average molecular weight is 431 g/mol. The van der Waals surface area contributed by atoms with Gasteiger partial charge in [0.05, 0.1) is 0 Å². The van der Waals surface area contributed by atoms with Crippen molar-refractivity contribution in [2.24, 2.45) is 0 Å². The van der Waals surface area contributed by atoms with Gasteiger partial charge in [0.1, 0.15) is 12.4 Å². The van der Waals surface area contributed by atoms with E-state index in [2.05, 4.69) is 99.5 Å². The second-order valence-electron chi connectivity index (χ2n) is 8.29. The van der Waals surface area contributed by atoms with Gasteiger partial charge in [-0.25, -0.2) is 5.10 Å². The second-order valence-corrected chi connectivity index (χ2v) is 8.29. The van der Waals surface area contributed by atoms with Crippen LogP contribution in [0.15, 0.2) is 84.9 Å². The molecule has 33 heavy (non-hydrogen) atoms. The van der Waals surface area contributed by atoms with Gasteiger partial charge in [-0.05, 0) is 85.6 Å². The van der Waals surface area contributed by atoms with E-state index in [4.69, 9.17) is 4.74 Å². The highest BCUT2D eigenvalue weighted by molar-refractivity contribution is 5.93. The Labute approximate surface area is 191 Å². The summed E-state index contributed by atoms with van der Waals surface area (Å²) in [5, 5.41) is 16.8. The van der Waals surface area contributed by atoms with Crippen LogP contribution >= 0.6 is 0 Å². The second kappa shape index (κ2) is 8.36. The van der Waals surface area contributed by atoms with Crippen LogP contribution < -0.4 is 4.74 Å². The van der Waals surface area contributed by atoms with Crippen LogP contribution in [0.5, 0.6) is 5.75 Å². The van der Waals surface area contributed by atoms with E-state index in [0.717, 1.165) is 29.7 Å². The maximum absolute atomic E-state index is 6.15. The molecular formula is C28H22N4O. The van der Waals surface area contributed by atoms with E-state index in [9.17, 15) is 0 Å². The van der Waals surface area contributed by atoms with Gasteiger partial charge in [-0.15, -0.1) is 5.10 Å². The van der Waals surface area contributed by atoms with E-state index >= 15 is 0 Å². The maximum Gasteiger partial charge on any atom is 0.172 e. The standard InChI is InChI=1S/C28H22N4O/c1-2-7-22-16-24(13-12-20(22)5-1)33-18-19-9-14-26-23(15-19)11-10-21-6-3-4-8-25(21)27(26)17-28-29-31-32-30-28/h1-9,12-17H,10-11,18H2,(H,29,30,31,32)/b27-17+. The van der Waals surface area contributed by atoms with Crippen molar-refractivity contribution in [3.05, 3.63) is 119 Å². The van der Waals surface area contributed by atoms with Gasteiger partial charge in [-0.1, -0.05) is 72.8 Å². The zero-order valence-electron chi connectivity index (χ0n) is 18.0. The van der Waals surface area contributed by atoms with Gasteiger partial charge in [0.15, 0.2) is 5.82 Å². The van der Waals surface area contributed by atoms with Crippen molar-refractivity contribution < 1.29 is 4.74 Å². The number of fused-ring (bicyclic) bond motifs is 3. The van der Waals surface area contributed by atoms with Crippen LogP contribution in [0.25, 0.3) is 22.4 Å². The molecule has 0 atom stereocenters. The summed E-state index contributed by atoms with van der Waals surface area (Å²) in [4.78, 5) is 0. The van der Waals surface area contributed by atoms with Crippen LogP contribution in [-0.2, 0) is 19.4 Å². The first kappa shape index (κ1) is 19.4. The van der Waals surface area contributed by atoms with Gasteiger partial charge >= 0.3 is 0 Å². The van der Waals surface area contributed by atoms with Gasteiger partial charge in [0.2, 0.25) is 0 Å². The van der Waals surface area contributed by atoms with Crippen molar-refractivity contribution in [1.82, 2.24) is 20.6 Å². The Hall–Kier alpha value is -4.25. The summed E-state index contributed by atoms with van der Waals surface area (Å²) in [6, 6.07) is 29.8. The predicted octanol–water partition coefficient (Wildman–Crippen LogP) is 5.62. The van der Waals surface area contributed by atoms with Gasteiger partial charge in [-0.3, -0.25) is 0 Å². The number of aryl methyl sites for hydroxylation is 2. The predicted molar refractivity (Wildman–Crippen MR) is 130 cm³/mol. The summed E-state index contributed by atoms with van der Waals surface area (Å²) in [7, 11) is 0. The van der Waals surface area contributed by atoms with Crippen LogP contribution in [0.4, 0.5) is 0 Å².